The van der Waals surface area contributed by atoms with Crippen molar-refractivity contribution in [1.82, 2.24) is 14.8 Å². The lowest BCUT2D eigenvalue weighted by Gasteiger charge is -2.34. The van der Waals surface area contributed by atoms with Gasteiger partial charge >= 0.3 is 0 Å². The number of amides is 1. The van der Waals surface area contributed by atoms with Crippen molar-refractivity contribution in [2.75, 3.05) is 32.7 Å². The van der Waals surface area contributed by atoms with Gasteiger partial charge < -0.3 is 9.80 Å². The van der Waals surface area contributed by atoms with E-state index in [0.717, 1.165) is 25.4 Å². The minimum atomic E-state index is 0.217. The van der Waals surface area contributed by atoms with Crippen LogP contribution >= 0.6 is 0 Å². The zero-order valence-electron chi connectivity index (χ0n) is 13.9. The Bertz CT molecular complexity index is 533. The second-order valence-electron chi connectivity index (χ2n) is 7.51. The van der Waals surface area contributed by atoms with E-state index in [1.807, 2.05) is 12.3 Å². The van der Waals surface area contributed by atoms with Crippen LogP contribution < -0.4 is 0 Å². The quantitative estimate of drug-likeness (QED) is 0.857. The minimum Gasteiger partial charge on any atom is -0.342 e. The van der Waals surface area contributed by atoms with Gasteiger partial charge in [0.05, 0.1) is 0 Å². The highest BCUT2D eigenvalue weighted by molar-refractivity contribution is 5.83. The van der Waals surface area contributed by atoms with E-state index in [9.17, 15) is 4.79 Å². The fourth-order valence-electron chi connectivity index (χ4n) is 4.33. The maximum Gasteiger partial charge on any atom is 0.226 e. The van der Waals surface area contributed by atoms with E-state index in [4.69, 9.17) is 0 Å². The first kappa shape index (κ1) is 15.1. The summed E-state index contributed by atoms with van der Waals surface area (Å²) in [4.78, 5) is 21.6. The normalized spacial score (nSPS) is 29.0. The molecule has 3 aliphatic rings. The van der Waals surface area contributed by atoms with Crippen molar-refractivity contribution < 1.29 is 4.79 Å². The largest absolute Gasteiger partial charge is 0.342 e. The molecular formula is C19H27N3O. The van der Waals surface area contributed by atoms with E-state index in [0.29, 0.717) is 11.8 Å². The van der Waals surface area contributed by atoms with E-state index in [2.05, 4.69) is 20.9 Å². The highest BCUT2D eigenvalue weighted by Crippen LogP contribution is 2.48. The molecule has 0 aromatic carbocycles. The van der Waals surface area contributed by atoms with Gasteiger partial charge in [0.2, 0.25) is 5.91 Å². The number of hydrogen-bond donors (Lipinski definition) is 0. The molecule has 3 fully saturated rings. The molecule has 4 heteroatoms. The standard InChI is InChI=1S/C19H27N3O/c23-19(18-12-17(18)16-4-3-7-20-13-16)22-10-5-15(6-11-22)14-21-8-1-2-9-21/h3-4,7,13,15,17-18H,1-2,5-6,8-12,14H2/t17-,18+/m0/s1. The number of pyridine rings is 1. The molecule has 0 unspecified atom stereocenters. The van der Waals surface area contributed by atoms with Gasteiger partial charge in [-0.1, -0.05) is 6.07 Å². The lowest BCUT2D eigenvalue weighted by atomic mass is 9.96. The third-order valence-electron chi connectivity index (χ3n) is 5.86. The van der Waals surface area contributed by atoms with Crippen LogP contribution in [-0.2, 0) is 4.79 Å². The third-order valence-corrected chi connectivity index (χ3v) is 5.86. The summed E-state index contributed by atoms with van der Waals surface area (Å²) in [5.41, 5.74) is 1.23. The molecule has 0 radical (unpaired) electrons. The number of rotatable bonds is 4. The predicted octanol–water partition coefficient (Wildman–Crippen LogP) is 2.52. The second-order valence-corrected chi connectivity index (χ2v) is 7.51. The fourth-order valence-corrected chi connectivity index (χ4v) is 4.33. The van der Waals surface area contributed by atoms with Crippen LogP contribution in [0.5, 0.6) is 0 Å². The van der Waals surface area contributed by atoms with Gasteiger partial charge in [-0.05, 0) is 68.7 Å². The number of piperidine rings is 1. The van der Waals surface area contributed by atoms with Crippen molar-refractivity contribution in [3.63, 3.8) is 0 Å². The third kappa shape index (κ3) is 3.42. The van der Waals surface area contributed by atoms with Crippen molar-refractivity contribution >= 4 is 5.91 Å². The van der Waals surface area contributed by atoms with E-state index in [-0.39, 0.29) is 5.92 Å². The number of nitrogens with zero attached hydrogens (tertiary/aromatic N) is 3. The summed E-state index contributed by atoms with van der Waals surface area (Å²) < 4.78 is 0. The van der Waals surface area contributed by atoms with E-state index >= 15 is 0 Å². The molecule has 1 saturated carbocycles. The Kier molecular flexibility index (Phi) is 4.34. The van der Waals surface area contributed by atoms with Crippen molar-refractivity contribution in [1.29, 1.82) is 0 Å². The van der Waals surface area contributed by atoms with Crippen molar-refractivity contribution in [3.05, 3.63) is 30.1 Å². The monoisotopic (exact) mass is 313 g/mol. The Morgan fingerprint density at radius 2 is 1.96 bits per heavy atom. The van der Waals surface area contributed by atoms with Gasteiger partial charge in [0.15, 0.2) is 0 Å². The molecule has 3 heterocycles. The van der Waals surface area contributed by atoms with Crippen molar-refractivity contribution in [2.24, 2.45) is 11.8 Å². The first-order valence-corrected chi connectivity index (χ1v) is 9.22. The summed E-state index contributed by atoms with van der Waals surface area (Å²) >= 11 is 0. The molecule has 1 aliphatic carbocycles. The van der Waals surface area contributed by atoms with Gasteiger partial charge in [-0.15, -0.1) is 0 Å². The Balaban J connectivity index is 1.25. The van der Waals surface area contributed by atoms with Gasteiger partial charge in [0.25, 0.3) is 0 Å². The predicted molar refractivity (Wildman–Crippen MR) is 90.1 cm³/mol. The highest BCUT2D eigenvalue weighted by Gasteiger charge is 2.46. The summed E-state index contributed by atoms with van der Waals surface area (Å²) in [6.07, 6.45) is 9.84. The number of aromatic nitrogens is 1. The molecule has 23 heavy (non-hydrogen) atoms. The van der Waals surface area contributed by atoms with Crippen LogP contribution in [0.2, 0.25) is 0 Å². The summed E-state index contributed by atoms with van der Waals surface area (Å²) in [6, 6.07) is 4.08. The van der Waals surface area contributed by atoms with Gasteiger partial charge in [-0.25, -0.2) is 0 Å². The molecule has 2 saturated heterocycles. The molecular weight excluding hydrogens is 286 g/mol. The molecule has 1 aromatic heterocycles. The summed E-state index contributed by atoms with van der Waals surface area (Å²) in [5.74, 6) is 1.82. The Labute approximate surface area is 138 Å². The zero-order valence-corrected chi connectivity index (χ0v) is 13.9. The van der Waals surface area contributed by atoms with Crippen LogP contribution in [0.4, 0.5) is 0 Å². The van der Waals surface area contributed by atoms with Crippen LogP contribution in [-0.4, -0.2) is 53.4 Å². The molecule has 0 spiro atoms. The SMILES string of the molecule is O=C([C@@H]1C[C@H]1c1cccnc1)N1CCC(CN2CCCC2)CC1. The smallest absolute Gasteiger partial charge is 0.226 e. The number of carbonyl (C=O) groups excluding carboxylic acids is 1. The Morgan fingerprint density at radius 3 is 2.65 bits per heavy atom. The van der Waals surface area contributed by atoms with E-state index < -0.39 is 0 Å². The van der Waals surface area contributed by atoms with E-state index in [1.165, 1.54) is 50.9 Å². The lowest BCUT2D eigenvalue weighted by Crippen LogP contribution is -2.42. The first-order valence-electron chi connectivity index (χ1n) is 9.22. The molecule has 1 aromatic rings. The second kappa shape index (κ2) is 6.60. The first-order chi connectivity index (χ1) is 11.3. The maximum absolute atomic E-state index is 12.7. The minimum absolute atomic E-state index is 0.217. The molecule has 0 bridgehead atoms. The highest BCUT2D eigenvalue weighted by atomic mass is 16.2. The molecule has 124 valence electrons. The van der Waals surface area contributed by atoms with Crippen LogP contribution in [0.15, 0.2) is 24.5 Å². The van der Waals surface area contributed by atoms with Crippen LogP contribution in [0.25, 0.3) is 0 Å². The molecule has 0 N–H and O–H groups in total. The van der Waals surface area contributed by atoms with Gasteiger partial charge in [-0.2, -0.15) is 0 Å². The topological polar surface area (TPSA) is 36.4 Å². The van der Waals surface area contributed by atoms with Crippen LogP contribution in [0, 0.1) is 11.8 Å². The average Bonchev–Trinajstić information content (AvgIpc) is 3.25. The van der Waals surface area contributed by atoms with Gasteiger partial charge in [0.1, 0.15) is 0 Å². The van der Waals surface area contributed by atoms with Crippen molar-refractivity contribution in [2.45, 2.75) is 38.0 Å². The van der Waals surface area contributed by atoms with E-state index in [1.54, 1.807) is 6.20 Å². The fraction of sp³-hybridized carbons (Fsp3) is 0.684. The van der Waals surface area contributed by atoms with Crippen molar-refractivity contribution in [3.8, 4) is 0 Å². The Hall–Kier alpha value is -1.42. The van der Waals surface area contributed by atoms with Crippen LogP contribution in [0.3, 0.4) is 0 Å². The molecule has 2 atom stereocenters. The lowest BCUT2D eigenvalue weighted by molar-refractivity contribution is -0.134. The number of carbonyl (C=O) groups is 1. The van der Waals surface area contributed by atoms with Gasteiger partial charge in [0, 0.05) is 37.9 Å². The summed E-state index contributed by atoms with van der Waals surface area (Å²) in [5, 5.41) is 0. The average molecular weight is 313 g/mol. The summed E-state index contributed by atoms with van der Waals surface area (Å²) in [6.45, 7) is 5.76. The maximum atomic E-state index is 12.7. The Morgan fingerprint density at radius 1 is 1.17 bits per heavy atom. The summed E-state index contributed by atoms with van der Waals surface area (Å²) in [7, 11) is 0. The van der Waals surface area contributed by atoms with Crippen LogP contribution in [0.1, 0.15) is 43.6 Å². The number of likely N-dealkylation sites (tertiary alicyclic amines) is 2. The zero-order chi connectivity index (χ0) is 15.6. The molecule has 4 nitrogen and oxygen atoms in total. The number of hydrogen-bond acceptors (Lipinski definition) is 3. The molecule has 1 amide bonds. The molecule has 4 rings (SSSR count). The molecule has 2 aliphatic heterocycles. The van der Waals surface area contributed by atoms with Gasteiger partial charge in [-0.3, -0.25) is 9.78 Å².